The van der Waals surface area contributed by atoms with Crippen molar-refractivity contribution < 1.29 is 40.1 Å². The Kier molecular flexibility index (Phi) is 6.18. The van der Waals surface area contributed by atoms with Crippen molar-refractivity contribution in [3.63, 3.8) is 0 Å². The second kappa shape index (κ2) is 7.51. The molecule has 0 heterocycles. The summed E-state index contributed by atoms with van der Waals surface area (Å²) in [5.41, 5.74) is -5.09. The molecule has 1 aromatic rings. The fourth-order valence-electron chi connectivity index (χ4n) is 1.67. The first-order valence-corrected chi connectivity index (χ1v) is 7.81. The summed E-state index contributed by atoms with van der Waals surface area (Å²) >= 11 is 0. The van der Waals surface area contributed by atoms with Crippen LogP contribution >= 0.6 is 0 Å². The van der Waals surface area contributed by atoms with E-state index in [1.54, 1.807) is 0 Å². The van der Waals surface area contributed by atoms with Crippen molar-refractivity contribution in [2.45, 2.75) is 24.9 Å². The van der Waals surface area contributed by atoms with Crippen molar-refractivity contribution in [2.24, 2.45) is 0 Å². The number of carbonyl (C=O) groups excluding carboxylic acids is 2. The summed E-state index contributed by atoms with van der Waals surface area (Å²) in [5, 5.41) is 2.36. The summed E-state index contributed by atoms with van der Waals surface area (Å²) in [5.74, 6) is -1.71. The topological polar surface area (TPSA) is 98.8 Å². The number of nitrogens with one attached hydrogen (secondary N) is 1. The summed E-state index contributed by atoms with van der Waals surface area (Å²) in [4.78, 5) is 22.6. The van der Waals surface area contributed by atoms with Gasteiger partial charge in [0.1, 0.15) is 11.8 Å². The molecule has 11 heteroatoms. The number of amides is 1. The van der Waals surface area contributed by atoms with E-state index in [0.717, 1.165) is 19.2 Å². The minimum atomic E-state index is -5.75. The number of ether oxygens (including phenoxy) is 1. The Morgan fingerprint density at radius 1 is 1.21 bits per heavy atom. The number of carbonyl (C=O) groups is 2. The van der Waals surface area contributed by atoms with Crippen LogP contribution in [0.4, 0.5) is 13.2 Å². The van der Waals surface area contributed by atoms with Gasteiger partial charge in [0.05, 0.1) is 7.11 Å². The fourth-order valence-corrected chi connectivity index (χ4v) is 2.13. The lowest BCUT2D eigenvalue weighted by molar-refractivity contribution is -0.144. The zero-order valence-electron chi connectivity index (χ0n) is 12.6. The van der Waals surface area contributed by atoms with E-state index in [4.69, 9.17) is 0 Å². The van der Waals surface area contributed by atoms with Crippen LogP contribution in [0.3, 0.4) is 0 Å². The first-order valence-electron chi connectivity index (χ1n) is 6.41. The number of halogens is 3. The molecule has 0 saturated carbocycles. The minimum Gasteiger partial charge on any atom is -0.467 e. The molecule has 0 fully saturated rings. The molecule has 1 aromatic carbocycles. The lowest BCUT2D eigenvalue weighted by Gasteiger charge is -2.15. The Morgan fingerprint density at radius 2 is 1.75 bits per heavy atom. The minimum absolute atomic E-state index is 0.00143. The standard InChI is InChI=1S/C13H14F3NO6S/c1-8(18)17-11(12(19)22-2)7-9-3-5-10(6-4-9)23-24(20,21)13(14,15)16/h3-6,11H,7H2,1-2H3,(H,17,18). The number of rotatable bonds is 6. The number of hydrogen-bond acceptors (Lipinski definition) is 6. The molecule has 0 spiro atoms. The van der Waals surface area contributed by atoms with Crippen LogP contribution < -0.4 is 9.50 Å². The fraction of sp³-hybridized carbons (Fsp3) is 0.385. The monoisotopic (exact) mass is 369 g/mol. The van der Waals surface area contributed by atoms with Crippen molar-refractivity contribution in [2.75, 3.05) is 7.11 Å². The average molecular weight is 369 g/mol. The van der Waals surface area contributed by atoms with E-state index < -0.39 is 39.3 Å². The maximum atomic E-state index is 12.2. The third-order valence-electron chi connectivity index (χ3n) is 2.72. The van der Waals surface area contributed by atoms with Crippen LogP contribution in [0.5, 0.6) is 5.75 Å². The molecule has 0 radical (unpaired) electrons. The van der Waals surface area contributed by atoms with Gasteiger partial charge in [-0.05, 0) is 17.7 Å². The first kappa shape index (κ1) is 19.7. The normalized spacial score (nSPS) is 13.0. The molecule has 0 saturated heterocycles. The smallest absolute Gasteiger partial charge is 0.467 e. The van der Waals surface area contributed by atoms with E-state index in [-0.39, 0.29) is 6.42 Å². The SMILES string of the molecule is COC(=O)C(Cc1ccc(OS(=O)(=O)C(F)(F)F)cc1)NC(C)=O. The van der Waals surface area contributed by atoms with Gasteiger partial charge in [-0.1, -0.05) is 12.1 Å². The van der Waals surface area contributed by atoms with Crippen LogP contribution in [0, 0.1) is 0 Å². The molecular weight excluding hydrogens is 355 g/mol. The maximum absolute atomic E-state index is 12.2. The van der Waals surface area contributed by atoms with Gasteiger partial charge in [0.25, 0.3) is 0 Å². The summed E-state index contributed by atoms with van der Waals surface area (Å²) in [6, 6.07) is 3.54. The highest BCUT2D eigenvalue weighted by Gasteiger charge is 2.48. The molecule has 1 amide bonds. The van der Waals surface area contributed by atoms with Gasteiger partial charge < -0.3 is 14.2 Å². The Bertz CT molecular complexity index is 699. The zero-order valence-corrected chi connectivity index (χ0v) is 13.4. The van der Waals surface area contributed by atoms with E-state index >= 15 is 0 Å². The molecule has 1 rings (SSSR count). The van der Waals surface area contributed by atoms with Crippen molar-refractivity contribution in [3.05, 3.63) is 29.8 Å². The second-order valence-electron chi connectivity index (χ2n) is 4.61. The van der Waals surface area contributed by atoms with Gasteiger partial charge in [-0.2, -0.15) is 21.6 Å². The molecule has 0 aliphatic heterocycles. The molecule has 24 heavy (non-hydrogen) atoms. The van der Waals surface area contributed by atoms with Gasteiger partial charge in [-0.3, -0.25) is 4.79 Å². The van der Waals surface area contributed by atoms with E-state index in [1.807, 2.05) is 0 Å². The van der Waals surface area contributed by atoms with Gasteiger partial charge in [0.2, 0.25) is 5.91 Å². The molecule has 134 valence electrons. The molecule has 1 atom stereocenters. The first-order chi connectivity index (χ1) is 11.0. The van der Waals surface area contributed by atoms with Gasteiger partial charge in [0, 0.05) is 13.3 Å². The number of hydrogen-bond donors (Lipinski definition) is 1. The Morgan fingerprint density at radius 3 is 2.17 bits per heavy atom. The Labute approximate surface area is 135 Å². The largest absolute Gasteiger partial charge is 0.534 e. The second-order valence-corrected chi connectivity index (χ2v) is 6.15. The highest BCUT2D eigenvalue weighted by atomic mass is 32.2. The van der Waals surface area contributed by atoms with Crippen LogP contribution in [0.1, 0.15) is 12.5 Å². The molecule has 1 N–H and O–H groups in total. The molecule has 0 aliphatic rings. The third-order valence-corrected chi connectivity index (χ3v) is 3.69. The highest BCUT2D eigenvalue weighted by molar-refractivity contribution is 7.88. The maximum Gasteiger partial charge on any atom is 0.534 e. The number of alkyl halides is 3. The third kappa shape index (κ3) is 5.41. The predicted molar refractivity (Wildman–Crippen MR) is 75.4 cm³/mol. The van der Waals surface area contributed by atoms with Crippen LogP contribution in [0.2, 0.25) is 0 Å². The van der Waals surface area contributed by atoms with Crippen molar-refractivity contribution in [3.8, 4) is 5.75 Å². The van der Waals surface area contributed by atoms with E-state index in [2.05, 4.69) is 14.2 Å². The molecule has 0 aromatic heterocycles. The quantitative estimate of drug-likeness (QED) is 0.459. The Balaban J connectivity index is 2.87. The van der Waals surface area contributed by atoms with Gasteiger partial charge >= 0.3 is 21.6 Å². The van der Waals surface area contributed by atoms with E-state index in [0.29, 0.717) is 5.56 Å². The summed E-state index contributed by atoms with van der Waals surface area (Å²) in [6.45, 7) is 1.20. The molecule has 0 bridgehead atoms. The zero-order chi connectivity index (χ0) is 18.5. The highest BCUT2D eigenvalue weighted by Crippen LogP contribution is 2.27. The van der Waals surface area contributed by atoms with Crippen molar-refractivity contribution in [1.29, 1.82) is 0 Å². The van der Waals surface area contributed by atoms with E-state index in [9.17, 15) is 31.2 Å². The number of esters is 1. The van der Waals surface area contributed by atoms with E-state index in [1.165, 1.54) is 19.1 Å². The van der Waals surface area contributed by atoms with Crippen LogP contribution in [-0.2, 0) is 30.9 Å². The molecular formula is C13H14F3NO6S. The lowest BCUT2D eigenvalue weighted by atomic mass is 10.1. The summed E-state index contributed by atoms with van der Waals surface area (Å²) < 4.78 is 66.9. The lowest BCUT2D eigenvalue weighted by Crippen LogP contribution is -2.41. The number of methoxy groups -OCH3 is 1. The van der Waals surface area contributed by atoms with Crippen LogP contribution in [0.25, 0.3) is 0 Å². The van der Waals surface area contributed by atoms with Crippen molar-refractivity contribution >= 4 is 22.0 Å². The summed E-state index contributed by atoms with van der Waals surface area (Å²) in [7, 11) is -4.62. The Hall–Kier alpha value is -2.30. The molecule has 0 aliphatic carbocycles. The van der Waals surface area contributed by atoms with Crippen molar-refractivity contribution in [1.82, 2.24) is 5.32 Å². The van der Waals surface area contributed by atoms with Gasteiger partial charge in [-0.15, -0.1) is 0 Å². The van der Waals surface area contributed by atoms with Crippen LogP contribution in [0.15, 0.2) is 24.3 Å². The van der Waals surface area contributed by atoms with Gasteiger partial charge in [0.15, 0.2) is 0 Å². The summed E-state index contributed by atoms with van der Waals surface area (Å²) in [6.07, 6.45) is -0.00143. The molecule has 1 unspecified atom stereocenters. The molecule has 7 nitrogen and oxygen atoms in total. The number of benzene rings is 1. The predicted octanol–water partition coefficient (Wildman–Crippen LogP) is 1.14. The average Bonchev–Trinajstić information content (AvgIpc) is 2.45. The van der Waals surface area contributed by atoms with Gasteiger partial charge in [-0.25, -0.2) is 4.79 Å². The van der Waals surface area contributed by atoms with Crippen LogP contribution in [-0.4, -0.2) is 39.0 Å².